The van der Waals surface area contributed by atoms with Crippen molar-refractivity contribution < 1.29 is 19.1 Å². The van der Waals surface area contributed by atoms with Gasteiger partial charge in [0.25, 0.3) is 0 Å². The summed E-state index contributed by atoms with van der Waals surface area (Å²) in [7, 11) is 0. The standard InChI is InChI=1S/C72H116O4/c1-13-15-17-19-21-23-25-27-29-31-33-35-37-49-69(73)75-65-55-63(7)67(71(9,10)57-65)53-51-61(5)47-41-45-59(3)43-39-40-44-60(4)46-42-48-62(6)52-54-68-64(8)56-66(58-72(68,11)12)76-70(74)50-38-36-34-32-30-28-26-24-22-20-18-16-14-2/h39-48,51-54,65-66H,13-38,49-50,55-58H2,1-12H3/t65-,66-/m1/s1. The van der Waals surface area contributed by atoms with Crippen LogP contribution in [0.2, 0.25) is 0 Å². The fraction of sp³-hybridized carbons (Fsp3) is 0.667. The van der Waals surface area contributed by atoms with Gasteiger partial charge in [0.1, 0.15) is 12.2 Å². The lowest BCUT2D eigenvalue weighted by molar-refractivity contribution is -0.151. The third-order valence-corrected chi connectivity index (χ3v) is 15.8. The average molecular weight is 1050 g/mol. The average Bonchev–Trinajstić information content (AvgIpc) is 3.34. The van der Waals surface area contributed by atoms with E-state index >= 15 is 0 Å². The summed E-state index contributed by atoms with van der Waals surface area (Å²) in [5, 5.41) is 0. The summed E-state index contributed by atoms with van der Waals surface area (Å²) >= 11 is 0. The molecule has 0 spiro atoms. The van der Waals surface area contributed by atoms with Gasteiger partial charge in [0, 0.05) is 25.7 Å². The Balaban J connectivity index is 1.73. The maximum Gasteiger partial charge on any atom is 0.306 e. The van der Waals surface area contributed by atoms with Crippen molar-refractivity contribution in [1.29, 1.82) is 0 Å². The van der Waals surface area contributed by atoms with Crippen LogP contribution >= 0.6 is 0 Å². The second kappa shape index (κ2) is 41.2. The molecule has 0 heterocycles. The van der Waals surface area contributed by atoms with Crippen molar-refractivity contribution in [3.63, 3.8) is 0 Å². The van der Waals surface area contributed by atoms with Gasteiger partial charge in [-0.15, -0.1) is 0 Å². The van der Waals surface area contributed by atoms with Gasteiger partial charge in [-0.05, 0) is 89.2 Å². The van der Waals surface area contributed by atoms with Crippen LogP contribution in [-0.2, 0) is 19.1 Å². The first-order chi connectivity index (χ1) is 36.5. The van der Waals surface area contributed by atoms with E-state index in [4.69, 9.17) is 9.47 Å². The molecule has 0 fully saturated rings. The normalized spacial score (nSPS) is 19.0. The van der Waals surface area contributed by atoms with Crippen LogP contribution in [0, 0.1) is 10.8 Å². The van der Waals surface area contributed by atoms with Crippen molar-refractivity contribution >= 4 is 11.9 Å². The number of carbonyl (C=O) groups is 2. The largest absolute Gasteiger partial charge is 0.462 e. The first-order valence-corrected chi connectivity index (χ1v) is 31.3. The molecule has 0 aromatic rings. The number of hydrogen-bond acceptors (Lipinski definition) is 4. The van der Waals surface area contributed by atoms with Crippen LogP contribution in [-0.4, -0.2) is 24.1 Å². The molecule has 0 bridgehead atoms. The van der Waals surface area contributed by atoms with Crippen molar-refractivity contribution in [1.82, 2.24) is 0 Å². The molecule has 0 amide bonds. The molecule has 0 unspecified atom stereocenters. The summed E-state index contributed by atoms with van der Waals surface area (Å²) in [5.41, 5.74) is 9.98. The molecule has 0 aromatic carbocycles. The van der Waals surface area contributed by atoms with Gasteiger partial charge in [-0.1, -0.05) is 314 Å². The zero-order chi connectivity index (χ0) is 55.9. The number of carbonyl (C=O) groups excluding carboxylic acids is 2. The molecule has 2 aliphatic carbocycles. The monoisotopic (exact) mass is 1040 g/mol. The van der Waals surface area contributed by atoms with Gasteiger partial charge in [-0.2, -0.15) is 0 Å². The number of unbranched alkanes of at least 4 members (excludes halogenated alkanes) is 24. The van der Waals surface area contributed by atoms with Gasteiger partial charge in [-0.25, -0.2) is 0 Å². The number of rotatable bonds is 40. The molecule has 0 aromatic heterocycles. The van der Waals surface area contributed by atoms with Gasteiger partial charge in [0.05, 0.1) is 0 Å². The zero-order valence-electron chi connectivity index (χ0n) is 51.5. The van der Waals surface area contributed by atoms with E-state index in [9.17, 15) is 9.59 Å². The van der Waals surface area contributed by atoms with Crippen LogP contribution in [0.4, 0.5) is 0 Å². The summed E-state index contributed by atoms with van der Waals surface area (Å²) < 4.78 is 12.1. The van der Waals surface area contributed by atoms with Crippen molar-refractivity contribution in [2.24, 2.45) is 10.8 Å². The predicted octanol–water partition coefficient (Wildman–Crippen LogP) is 22.6. The molecule has 428 valence electrons. The quantitative estimate of drug-likeness (QED) is 0.0349. The fourth-order valence-electron chi connectivity index (χ4n) is 11.3. The Morgan fingerprint density at radius 2 is 0.671 bits per heavy atom. The van der Waals surface area contributed by atoms with Gasteiger partial charge < -0.3 is 9.47 Å². The van der Waals surface area contributed by atoms with E-state index in [2.05, 4.69) is 168 Å². The molecule has 2 aliphatic rings. The lowest BCUT2D eigenvalue weighted by Gasteiger charge is -2.37. The van der Waals surface area contributed by atoms with E-state index < -0.39 is 0 Å². The Hall–Kier alpha value is -3.92. The predicted molar refractivity (Wildman–Crippen MR) is 333 cm³/mol. The molecule has 76 heavy (non-hydrogen) atoms. The van der Waals surface area contributed by atoms with Crippen molar-refractivity contribution in [3.8, 4) is 0 Å². The molecule has 0 radical (unpaired) electrons. The van der Waals surface area contributed by atoms with Crippen molar-refractivity contribution in [2.75, 3.05) is 0 Å². The van der Waals surface area contributed by atoms with Crippen LogP contribution < -0.4 is 0 Å². The van der Waals surface area contributed by atoms with Crippen molar-refractivity contribution in [2.45, 2.75) is 301 Å². The van der Waals surface area contributed by atoms with Crippen LogP contribution in [0.15, 0.2) is 130 Å². The SMILES string of the molecule is CCCCCCCCCCCCCCCC(=O)O[C@@H]1CC(C)=C(C=CC(C)=CC=CC(C)=CC=CC=C(C)C=CC=C(C)C=CC2=C(C)C[C@@H](OC(=O)CCCCCCCCCCCCCCC)CC2(C)C)C(C)(C)C1. The zero-order valence-corrected chi connectivity index (χ0v) is 51.5. The van der Waals surface area contributed by atoms with Gasteiger partial charge in [0.2, 0.25) is 0 Å². The maximum atomic E-state index is 12.8. The smallest absolute Gasteiger partial charge is 0.306 e. The van der Waals surface area contributed by atoms with E-state index in [0.717, 1.165) is 51.4 Å². The molecule has 2 atom stereocenters. The molecule has 4 nitrogen and oxygen atoms in total. The summed E-state index contributed by atoms with van der Waals surface area (Å²) in [6.45, 7) is 26.6. The Labute approximate surface area is 470 Å². The molecule has 0 aliphatic heterocycles. The summed E-state index contributed by atoms with van der Waals surface area (Å²) in [6.07, 6.45) is 68.6. The topological polar surface area (TPSA) is 52.6 Å². The van der Waals surface area contributed by atoms with Crippen LogP contribution in [0.5, 0.6) is 0 Å². The summed E-state index contributed by atoms with van der Waals surface area (Å²) in [4.78, 5) is 25.6. The third kappa shape index (κ3) is 32.7. The van der Waals surface area contributed by atoms with Crippen LogP contribution in [0.1, 0.15) is 289 Å². The lowest BCUT2D eigenvalue weighted by Crippen LogP contribution is -2.31. The Morgan fingerprint density at radius 1 is 0.408 bits per heavy atom. The summed E-state index contributed by atoms with van der Waals surface area (Å²) in [5.74, 6) is -0.0504. The maximum absolute atomic E-state index is 12.8. The van der Waals surface area contributed by atoms with E-state index in [1.54, 1.807) is 0 Å². The molecule has 0 N–H and O–H groups in total. The highest BCUT2D eigenvalue weighted by atomic mass is 16.5. The highest BCUT2D eigenvalue weighted by molar-refractivity contribution is 5.70. The number of allylic oxidation sites excluding steroid dienone is 20. The highest BCUT2D eigenvalue weighted by Crippen LogP contribution is 2.43. The first kappa shape index (κ1) is 68.2. The fourth-order valence-corrected chi connectivity index (χ4v) is 11.3. The van der Waals surface area contributed by atoms with Gasteiger partial charge in [0.15, 0.2) is 0 Å². The minimum absolute atomic E-state index is 0.0252. The molecular formula is C72H116O4. The number of esters is 2. The Morgan fingerprint density at radius 3 is 0.961 bits per heavy atom. The molecule has 0 saturated heterocycles. The molecular weight excluding hydrogens is 929 g/mol. The summed E-state index contributed by atoms with van der Waals surface area (Å²) in [6, 6.07) is 0. The second-order valence-corrected chi connectivity index (χ2v) is 24.6. The second-order valence-electron chi connectivity index (χ2n) is 24.6. The van der Waals surface area contributed by atoms with Crippen LogP contribution in [0.3, 0.4) is 0 Å². The highest BCUT2D eigenvalue weighted by Gasteiger charge is 2.35. The number of hydrogen-bond donors (Lipinski definition) is 0. The van der Waals surface area contributed by atoms with Crippen LogP contribution in [0.25, 0.3) is 0 Å². The minimum Gasteiger partial charge on any atom is -0.462 e. The van der Waals surface area contributed by atoms with E-state index in [-0.39, 0.29) is 35.0 Å². The first-order valence-electron chi connectivity index (χ1n) is 31.3. The van der Waals surface area contributed by atoms with E-state index in [1.165, 1.54) is 186 Å². The van der Waals surface area contributed by atoms with E-state index in [1.807, 2.05) is 0 Å². The Kier molecular flexibility index (Phi) is 36.9. The van der Waals surface area contributed by atoms with E-state index in [0.29, 0.717) is 12.8 Å². The third-order valence-electron chi connectivity index (χ3n) is 15.8. The molecule has 4 heteroatoms. The van der Waals surface area contributed by atoms with Gasteiger partial charge in [-0.3, -0.25) is 9.59 Å². The molecule has 2 rings (SSSR count). The van der Waals surface area contributed by atoms with Gasteiger partial charge >= 0.3 is 11.9 Å². The Bertz CT molecular complexity index is 1850. The van der Waals surface area contributed by atoms with Crippen molar-refractivity contribution in [3.05, 3.63) is 130 Å². The molecule has 0 saturated carbocycles. The lowest BCUT2D eigenvalue weighted by atomic mass is 9.71. The number of ether oxygens (including phenoxy) is 2. The minimum atomic E-state index is -0.0573.